The van der Waals surface area contributed by atoms with Crippen molar-refractivity contribution in [3.8, 4) is 5.88 Å². The molecule has 100 valence electrons. The summed E-state index contributed by atoms with van der Waals surface area (Å²) >= 11 is 0. The van der Waals surface area contributed by atoms with Crippen molar-refractivity contribution in [2.24, 2.45) is 0 Å². The van der Waals surface area contributed by atoms with Crippen molar-refractivity contribution in [2.75, 3.05) is 19.8 Å². The zero-order chi connectivity index (χ0) is 13.0. The van der Waals surface area contributed by atoms with E-state index >= 15 is 0 Å². The van der Waals surface area contributed by atoms with Gasteiger partial charge in [0.15, 0.2) is 0 Å². The molecule has 0 radical (unpaired) electrons. The third kappa shape index (κ3) is 3.21. The minimum absolute atomic E-state index is 0.152. The van der Waals surface area contributed by atoms with E-state index in [4.69, 9.17) is 9.47 Å². The second kappa shape index (κ2) is 6.16. The average Bonchev–Trinajstić information content (AvgIpc) is 2.80. The molecule has 1 saturated heterocycles. The molecule has 2 heterocycles. The van der Waals surface area contributed by atoms with Crippen molar-refractivity contribution in [2.45, 2.75) is 39.8 Å². The lowest BCUT2D eigenvalue weighted by molar-refractivity contribution is 0.137. The molecule has 0 saturated carbocycles. The zero-order valence-electron chi connectivity index (χ0n) is 11.5. The SMILES string of the molecule is CCNCc1c(C)cc(C)nc1OC1CCOC1. The molecule has 1 aromatic heterocycles. The van der Waals surface area contributed by atoms with Gasteiger partial charge in [-0.15, -0.1) is 0 Å². The average molecular weight is 250 g/mol. The largest absolute Gasteiger partial charge is 0.472 e. The number of aryl methyl sites for hydroxylation is 2. The Morgan fingerprint density at radius 1 is 1.50 bits per heavy atom. The van der Waals surface area contributed by atoms with E-state index in [-0.39, 0.29) is 6.10 Å². The highest BCUT2D eigenvalue weighted by Crippen LogP contribution is 2.23. The van der Waals surface area contributed by atoms with Crippen LogP contribution in [0.25, 0.3) is 0 Å². The molecule has 1 aliphatic rings. The Hall–Kier alpha value is -1.13. The molecule has 4 nitrogen and oxygen atoms in total. The van der Waals surface area contributed by atoms with Crippen molar-refractivity contribution in [1.82, 2.24) is 10.3 Å². The van der Waals surface area contributed by atoms with E-state index in [1.807, 2.05) is 6.92 Å². The van der Waals surface area contributed by atoms with E-state index in [1.54, 1.807) is 0 Å². The summed E-state index contributed by atoms with van der Waals surface area (Å²) in [6.45, 7) is 9.43. The second-order valence-corrected chi connectivity index (χ2v) is 4.75. The van der Waals surface area contributed by atoms with Gasteiger partial charge in [-0.2, -0.15) is 0 Å². The molecule has 1 fully saturated rings. The Morgan fingerprint density at radius 2 is 2.33 bits per heavy atom. The number of nitrogens with zero attached hydrogens (tertiary/aromatic N) is 1. The highest BCUT2D eigenvalue weighted by molar-refractivity contribution is 5.36. The van der Waals surface area contributed by atoms with Crippen molar-refractivity contribution < 1.29 is 9.47 Å². The predicted molar refractivity (Wildman–Crippen MR) is 70.9 cm³/mol. The summed E-state index contributed by atoms with van der Waals surface area (Å²) < 4.78 is 11.3. The van der Waals surface area contributed by atoms with Crippen molar-refractivity contribution in [3.05, 3.63) is 22.9 Å². The van der Waals surface area contributed by atoms with Crippen LogP contribution in [0.15, 0.2) is 6.07 Å². The summed E-state index contributed by atoms with van der Waals surface area (Å²) in [6, 6.07) is 2.10. The van der Waals surface area contributed by atoms with Crippen LogP contribution in [0.3, 0.4) is 0 Å². The number of ether oxygens (including phenoxy) is 2. The van der Waals surface area contributed by atoms with Crippen LogP contribution in [-0.2, 0) is 11.3 Å². The van der Waals surface area contributed by atoms with Crippen LogP contribution >= 0.6 is 0 Å². The molecule has 1 atom stereocenters. The van der Waals surface area contributed by atoms with Gasteiger partial charge in [0.25, 0.3) is 0 Å². The number of hydrogen-bond donors (Lipinski definition) is 1. The molecule has 4 heteroatoms. The van der Waals surface area contributed by atoms with Gasteiger partial charge in [-0.05, 0) is 32.0 Å². The molecule has 18 heavy (non-hydrogen) atoms. The van der Waals surface area contributed by atoms with Gasteiger partial charge in [-0.25, -0.2) is 4.98 Å². The fraction of sp³-hybridized carbons (Fsp3) is 0.643. The monoisotopic (exact) mass is 250 g/mol. The maximum absolute atomic E-state index is 5.99. The van der Waals surface area contributed by atoms with Gasteiger partial charge in [-0.1, -0.05) is 6.92 Å². The van der Waals surface area contributed by atoms with E-state index in [9.17, 15) is 0 Å². The molecule has 0 aliphatic carbocycles. The number of aromatic nitrogens is 1. The molecule has 0 bridgehead atoms. The Balaban J connectivity index is 2.18. The molecule has 0 amide bonds. The molecule has 0 aromatic carbocycles. The van der Waals surface area contributed by atoms with Crippen molar-refractivity contribution in [1.29, 1.82) is 0 Å². The Bertz CT molecular complexity index is 401. The molecule has 0 spiro atoms. The maximum Gasteiger partial charge on any atom is 0.218 e. The smallest absolute Gasteiger partial charge is 0.218 e. The van der Waals surface area contributed by atoms with Crippen LogP contribution < -0.4 is 10.1 Å². The lowest BCUT2D eigenvalue weighted by atomic mass is 10.1. The first kappa shape index (κ1) is 13.3. The lowest BCUT2D eigenvalue weighted by Gasteiger charge is -2.17. The molecule has 1 unspecified atom stereocenters. The van der Waals surface area contributed by atoms with Gasteiger partial charge in [0.05, 0.1) is 13.2 Å². The topological polar surface area (TPSA) is 43.4 Å². The molecule has 1 aliphatic heterocycles. The van der Waals surface area contributed by atoms with Crippen molar-refractivity contribution >= 4 is 0 Å². The number of hydrogen-bond acceptors (Lipinski definition) is 4. The van der Waals surface area contributed by atoms with Crippen LogP contribution in [0.5, 0.6) is 5.88 Å². The van der Waals surface area contributed by atoms with Gasteiger partial charge >= 0.3 is 0 Å². The van der Waals surface area contributed by atoms with E-state index < -0.39 is 0 Å². The first-order valence-corrected chi connectivity index (χ1v) is 6.63. The molecule has 1 aromatic rings. The Kier molecular flexibility index (Phi) is 4.55. The van der Waals surface area contributed by atoms with Gasteiger partial charge in [0.2, 0.25) is 5.88 Å². The third-order valence-electron chi connectivity index (χ3n) is 3.16. The summed E-state index contributed by atoms with van der Waals surface area (Å²) in [6.07, 6.45) is 1.11. The fourth-order valence-corrected chi connectivity index (χ4v) is 2.16. The van der Waals surface area contributed by atoms with Gasteiger partial charge in [0, 0.05) is 24.2 Å². The van der Waals surface area contributed by atoms with E-state index in [0.29, 0.717) is 6.61 Å². The van der Waals surface area contributed by atoms with Crippen LogP contribution in [0, 0.1) is 13.8 Å². The lowest BCUT2D eigenvalue weighted by Crippen LogP contribution is -2.20. The Morgan fingerprint density at radius 3 is 3.00 bits per heavy atom. The normalized spacial score (nSPS) is 19.2. The van der Waals surface area contributed by atoms with E-state index in [2.05, 4.69) is 30.2 Å². The summed E-state index contributed by atoms with van der Waals surface area (Å²) in [5.41, 5.74) is 3.40. The van der Waals surface area contributed by atoms with Gasteiger partial charge in [0.1, 0.15) is 6.10 Å². The van der Waals surface area contributed by atoms with Crippen LogP contribution in [0.1, 0.15) is 30.2 Å². The standard InChI is InChI=1S/C14H22N2O2/c1-4-15-8-13-10(2)7-11(3)16-14(13)18-12-5-6-17-9-12/h7,12,15H,4-6,8-9H2,1-3H3. The first-order valence-electron chi connectivity index (χ1n) is 6.63. The molecular weight excluding hydrogens is 228 g/mol. The first-order chi connectivity index (χ1) is 8.70. The third-order valence-corrected chi connectivity index (χ3v) is 3.16. The van der Waals surface area contributed by atoms with Gasteiger partial charge in [-0.3, -0.25) is 0 Å². The van der Waals surface area contributed by atoms with Crippen molar-refractivity contribution in [3.63, 3.8) is 0 Å². The summed E-state index contributed by atoms with van der Waals surface area (Å²) in [5, 5.41) is 3.34. The fourth-order valence-electron chi connectivity index (χ4n) is 2.16. The molecule has 1 N–H and O–H groups in total. The van der Waals surface area contributed by atoms with E-state index in [0.717, 1.165) is 43.3 Å². The predicted octanol–water partition coefficient (Wildman–Crippen LogP) is 1.98. The number of pyridine rings is 1. The highest BCUT2D eigenvalue weighted by atomic mass is 16.5. The van der Waals surface area contributed by atoms with Crippen LogP contribution in [0.2, 0.25) is 0 Å². The summed E-state index contributed by atoms with van der Waals surface area (Å²) in [7, 11) is 0. The highest BCUT2D eigenvalue weighted by Gasteiger charge is 2.20. The zero-order valence-corrected chi connectivity index (χ0v) is 11.5. The van der Waals surface area contributed by atoms with Crippen LogP contribution in [-0.4, -0.2) is 30.8 Å². The van der Waals surface area contributed by atoms with Crippen LogP contribution in [0.4, 0.5) is 0 Å². The minimum atomic E-state index is 0.152. The van der Waals surface area contributed by atoms with E-state index in [1.165, 1.54) is 5.56 Å². The minimum Gasteiger partial charge on any atom is -0.472 e. The number of rotatable bonds is 5. The summed E-state index contributed by atoms with van der Waals surface area (Å²) in [5.74, 6) is 0.768. The Labute approximate surface area is 109 Å². The molecule has 2 rings (SSSR count). The second-order valence-electron chi connectivity index (χ2n) is 4.75. The maximum atomic E-state index is 5.99. The number of nitrogens with one attached hydrogen (secondary N) is 1. The summed E-state index contributed by atoms with van der Waals surface area (Å²) in [4.78, 5) is 4.53. The van der Waals surface area contributed by atoms with Gasteiger partial charge < -0.3 is 14.8 Å². The quantitative estimate of drug-likeness (QED) is 0.867. The molecular formula is C14H22N2O2.